The maximum Gasteiger partial charge on any atom is 0.323 e. The summed E-state index contributed by atoms with van der Waals surface area (Å²) in [6.45, 7) is 2.07. The minimum atomic E-state index is -0.517. The third-order valence-corrected chi connectivity index (χ3v) is 4.98. The van der Waals surface area contributed by atoms with Gasteiger partial charge in [-0.1, -0.05) is 49.4 Å². The Labute approximate surface area is 174 Å². The molecule has 30 heavy (non-hydrogen) atoms. The number of carbonyl (C=O) groups excluding carboxylic acids is 2. The van der Waals surface area contributed by atoms with Crippen LogP contribution in [0.5, 0.6) is 0 Å². The fraction of sp³-hybridized carbons (Fsp3) is 0.0833. The Morgan fingerprint density at radius 2 is 1.63 bits per heavy atom. The van der Waals surface area contributed by atoms with E-state index in [1.54, 1.807) is 12.1 Å². The normalized spacial score (nSPS) is 10.7. The van der Waals surface area contributed by atoms with Gasteiger partial charge < -0.3 is 21.4 Å². The number of nitrogens with two attached hydrogens (primary N) is 1. The van der Waals surface area contributed by atoms with Crippen LogP contribution in [0.15, 0.2) is 72.8 Å². The molecule has 0 spiro atoms. The molecule has 150 valence electrons. The van der Waals surface area contributed by atoms with Crippen LogP contribution in [0.1, 0.15) is 23.0 Å². The van der Waals surface area contributed by atoms with Crippen LogP contribution in [0.3, 0.4) is 0 Å². The summed E-state index contributed by atoms with van der Waals surface area (Å²) in [4.78, 5) is 27.3. The number of carbonyl (C=O) groups is 2. The number of urea groups is 1. The van der Waals surface area contributed by atoms with E-state index in [4.69, 9.17) is 5.73 Å². The van der Waals surface area contributed by atoms with Crippen molar-refractivity contribution >= 4 is 34.2 Å². The largest absolute Gasteiger partial charge is 0.364 e. The molecule has 0 atom stereocenters. The van der Waals surface area contributed by atoms with E-state index in [9.17, 15) is 9.59 Å². The summed E-state index contributed by atoms with van der Waals surface area (Å²) in [6.07, 6.45) is 0.903. The molecule has 6 heteroatoms. The average Bonchev–Trinajstić information content (AvgIpc) is 3.14. The summed E-state index contributed by atoms with van der Waals surface area (Å²) in [6, 6.07) is 22.4. The van der Waals surface area contributed by atoms with Gasteiger partial charge in [0.25, 0.3) is 5.91 Å². The number of benzene rings is 3. The maximum absolute atomic E-state index is 12.3. The molecule has 0 saturated heterocycles. The predicted molar refractivity (Wildman–Crippen MR) is 121 cm³/mol. The number of H-pyrrole nitrogens is 1. The highest BCUT2D eigenvalue weighted by molar-refractivity contribution is 6.09. The molecule has 3 aromatic carbocycles. The summed E-state index contributed by atoms with van der Waals surface area (Å²) < 4.78 is 0. The molecule has 6 nitrogen and oxygen atoms in total. The molecule has 0 saturated carbocycles. The first-order chi connectivity index (χ1) is 14.5. The highest BCUT2D eigenvalue weighted by Crippen LogP contribution is 2.33. The number of hydrogen-bond acceptors (Lipinski definition) is 2. The van der Waals surface area contributed by atoms with E-state index in [0.29, 0.717) is 11.4 Å². The highest BCUT2D eigenvalue weighted by atomic mass is 16.2. The lowest BCUT2D eigenvalue weighted by Crippen LogP contribution is -2.19. The lowest BCUT2D eigenvalue weighted by Gasteiger charge is -2.10. The zero-order valence-corrected chi connectivity index (χ0v) is 16.5. The third kappa shape index (κ3) is 3.89. The number of amides is 3. The Morgan fingerprint density at radius 3 is 2.37 bits per heavy atom. The Morgan fingerprint density at radius 1 is 0.900 bits per heavy atom. The summed E-state index contributed by atoms with van der Waals surface area (Å²) in [5.41, 5.74) is 10.9. The number of hydrogen-bond donors (Lipinski definition) is 4. The molecule has 1 aromatic heterocycles. The minimum Gasteiger partial charge on any atom is -0.364 e. The maximum atomic E-state index is 12.3. The van der Waals surface area contributed by atoms with Crippen LogP contribution in [-0.2, 0) is 6.42 Å². The van der Waals surface area contributed by atoms with E-state index >= 15 is 0 Å². The van der Waals surface area contributed by atoms with Gasteiger partial charge >= 0.3 is 6.03 Å². The first-order valence-corrected chi connectivity index (χ1v) is 9.73. The zero-order chi connectivity index (χ0) is 21.1. The summed E-state index contributed by atoms with van der Waals surface area (Å²) >= 11 is 0. The standard InChI is InChI=1S/C24H22N4O2/c1-2-15-6-5-7-18(14-15)27-24(30)26-17-12-10-16(11-13-17)21-19-8-3-4-9-20(19)28-22(21)23(25)29/h3-14,28H,2H2,1H3,(H2,25,29)(H2,26,27,30). The van der Waals surface area contributed by atoms with Crippen molar-refractivity contribution in [3.63, 3.8) is 0 Å². The van der Waals surface area contributed by atoms with Crippen molar-refractivity contribution in [2.45, 2.75) is 13.3 Å². The number of aryl methyl sites for hydroxylation is 1. The molecule has 1 heterocycles. The lowest BCUT2D eigenvalue weighted by atomic mass is 10.0. The number of aromatic nitrogens is 1. The van der Waals surface area contributed by atoms with Crippen LogP contribution in [0.2, 0.25) is 0 Å². The minimum absolute atomic E-state index is 0.319. The number of aromatic amines is 1. The van der Waals surface area contributed by atoms with E-state index in [0.717, 1.165) is 39.7 Å². The van der Waals surface area contributed by atoms with Gasteiger partial charge in [-0.25, -0.2) is 4.79 Å². The van der Waals surface area contributed by atoms with Gasteiger partial charge in [-0.15, -0.1) is 0 Å². The molecule has 0 aliphatic carbocycles. The van der Waals surface area contributed by atoms with Crippen molar-refractivity contribution in [1.82, 2.24) is 4.98 Å². The second-order valence-electron chi connectivity index (χ2n) is 7.00. The van der Waals surface area contributed by atoms with E-state index in [1.807, 2.05) is 60.7 Å². The first kappa shape index (κ1) is 19.3. The van der Waals surface area contributed by atoms with Crippen LogP contribution in [0.4, 0.5) is 16.2 Å². The molecule has 5 N–H and O–H groups in total. The van der Waals surface area contributed by atoms with Gasteiger partial charge in [0.15, 0.2) is 0 Å². The molecular weight excluding hydrogens is 376 g/mol. The van der Waals surface area contributed by atoms with Gasteiger partial charge in [-0.05, 0) is 47.9 Å². The molecule has 0 aliphatic rings. The van der Waals surface area contributed by atoms with Crippen LogP contribution >= 0.6 is 0 Å². The van der Waals surface area contributed by atoms with E-state index in [1.165, 1.54) is 0 Å². The summed E-state index contributed by atoms with van der Waals surface area (Å²) in [5.74, 6) is -0.517. The molecule has 4 aromatic rings. The van der Waals surface area contributed by atoms with Crippen molar-refractivity contribution in [3.8, 4) is 11.1 Å². The number of fused-ring (bicyclic) bond motifs is 1. The fourth-order valence-electron chi connectivity index (χ4n) is 3.51. The van der Waals surface area contributed by atoms with Crippen LogP contribution < -0.4 is 16.4 Å². The monoisotopic (exact) mass is 398 g/mol. The van der Waals surface area contributed by atoms with Crippen LogP contribution in [-0.4, -0.2) is 16.9 Å². The molecule has 0 radical (unpaired) electrons. The van der Waals surface area contributed by atoms with Crippen molar-refractivity contribution in [3.05, 3.63) is 84.1 Å². The molecule has 3 amide bonds. The lowest BCUT2D eigenvalue weighted by molar-refractivity contribution is 0.0997. The van der Waals surface area contributed by atoms with Gasteiger partial charge in [0, 0.05) is 27.8 Å². The smallest absolute Gasteiger partial charge is 0.323 e. The van der Waals surface area contributed by atoms with E-state index in [-0.39, 0.29) is 6.03 Å². The molecule has 0 bridgehead atoms. The van der Waals surface area contributed by atoms with Gasteiger partial charge in [-0.3, -0.25) is 4.79 Å². The van der Waals surface area contributed by atoms with Gasteiger partial charge in [-0.2, -0.15) is 0 Å². The van der Waals surface area contributed by atoms with E-state index < -0.39 is 5.91 Å². The van der Waals surface area contributed by atoms with Crippen LogP contribution in [0, 0.1) is 0 Å². The molecular formula is C24H22N4O2. The highest BCUT2D eigenvalue weighted by Gasteiger charge is 2.17. The summed E-state index contributed by atoms with van der Waals surface area (Å²) in [5, 5.41) is 6.58. The Bertz CT molecular complexity index is 1230. The number of anilines is 2. The Kier molecular flexibility index (Phi) is 5.22. The second-order valence-corrected chi connectivity index (χ2v) is 7.00. The number of para-hydroxylation sites is 1. The summed E-state index contributed by atoms with van der Waals surface area (Å²) in [7, 11) is 0. The predicted octanol–water partition coefficient (Wildman–Crippen LogP) is 5.14. The molecule has 0 unspecified atom stereocenters. The van der Waals surface area contributed by atoms with Crippen molar-refractivity contribution in [2.75, 3.05) is 10.6 Å². The molecule has 0 aliphatic heterocycles. The SMILES string of the molecule is CCc1cccc(NC(=O)Nc2ccc(-c3c(C(N)=O)[nH]c4ccccc34)cc2)c1. The third-order valence-electron chi connectivity index (χ3n) is 4.98. The van der Waals surface area contributed by atoms with Gasteiger partial charge in [0.2, 0.25) is 0 Å². The zero-order valence-electron chi connectivity index (χ0n) is 16.5. The Hall–Kier alpha value is -4.06. The molecule has 4 rings (SSSR count). The average molecular weight is 398 g/mol. The van der Waals surface area contributed by atoms with Gasteiger partial charge in [0.1, 0.15) is 5.69 Å². The number of rotatable bonds is 5. The van der Waals surface area contributed by atoms with Crippen LogP contribution in [0.25, 0.3) is 22.0 Å². The number of nitrogens with one attached hydrogen (secondary N) is 3. The second kappa shape index (κ2) is 8.13. The molecule has 0 fully saturated rings. The number of primary amides is 1. The van der Waals surface area contributed by atoms with E-state index in [2.05, 4.69) is 22.5 Å². The van der Waals surface area contributed by atoms with Crippen molar-refractivity contribution in [1.29, 1.82) is 0 Å². The van der Waals surface area contributed by atoms with Gasteiger partial charge in [0.05, 0.1) is 0 Å². The van der Waals surface area contributed by atoms with Crippen molar-refractivity contribution < 1.29 is 9.59 Å². The van der Waals surface area contributed by atoms with Crippen molar-refractivity contribution in [2.24, 2.45) is 5.73 Å². The first-order valence-electron chi connectivity index (χ1n) is 9.73. The quantitative estimate of drug-likeness (QED) is 0.374. The topological polar surface area (TPSA) is 100 Å². The fourth-order valence-corrected chi connectivity index (χ4v) is 3.51. The Balaban J connectivity index is 1.55.